The highest BCUT2D eigenvalue weighted by Gasteiger charge is 2.26. The van der Waals surface area contributed by atoms with Crippen molar-refractivity contribution >= 4 is 5.91 Å². The molecule has 2 heterocycles. The standard InChI is InChI=1S/C20H28N4O/c1-16(24-12-10-18-8-4-5-9-19(18)15-24)20(25)22(2)11-6-7-17-13-21-23(3)14-17/h4-5,8-9,13-14,16H,6-7,10-12,15H2,1-3H3/t16-/m0/s1. The molecule has 1 aliphatic rings. The number of nitrogens with zero attached hydrogens (tertiary/aromatic N) is 4. The summed E-state index contributed by atoms with van der Waals surface area (Å²) in [6, 6.07) is 8.48. The van der Waals surface area contributed by atoms with Crippen LogP contribution in [0.2, 0.25) is 0 Å². The molecule has 1 aromatic carbocycles. The quantitative estimate of drug-likeness (QED) is 0.810. The molecule has 0 unspecified atom stereocenters. The lowest BCUT2D eigenvalue weighted by atomic mass is 9.98. The van der Waals surface area contributed by atoms with Gasteiger partial charge in [0.25, 0.3) is 0 Å². The predicted octanol–water partition coefficient (Wildman–Crippen LogP) is 2.26. The molecule has 1 aromatic heterocycles. The molecule has 25 heavy (non-hydrogen) atoms. The van der Waals surface area contributed by atoms with Gasteiger partial charge in [0.05, 0.1) is 12.2 Å². The number of aryl methyl sites for hydroxylation is 2. The second-order valence-electron chi connectivity index (χ2n) is 7.05. The van der Waals surface area contributed by atoms with Crippen LogP contribution in [0.25, 0.3) is 0 Å². The van der Waals surface area contributed by atoms with Gasteiger partial charge in [-0.25, -0.2) is 0 Å². The largest absolute Gasteiger partial charge is 0.344 e. The van der Waals surface area contributed by atoms with Crippen molar-refractivity contribution in [2.75, 3.05) is 20.1 Å². The summed E-state index contributed by atoms with van der Waals surface area (Å²) in [7, 11) is 3.84. The summed E-state index contributed by atoms with van der Waals surface area (Å²) in [6.07, 6.45) is 6.88. The highest BCUT2D eigenvalue weighted by molar-refractivity contribution is 5.81. The normalized spacial score (nSPS) is 15.6. The van der Waals surface area contributed by atoms with E-state index in [2.05, 4.69) is 34.3 Å². The van der Waals surface area contributed by atoms with Crippen LogP contribution in [-0.2, 0) is 31.2 Å². The Morgan fingerprint density at radius 3 is 2.80 bits per heavy atom. The van der Waals surface area contributed by atoms with Crippen LogP contribution < -0.4 is 0 Å². The van der Waals surface area contributed by atoms with Gasteiger partial charge in [-0.15, -0.1) is 0 Å². The van der Waals surface area contributed by atoms with Crippen LogP contribution >= 0.6 is 0 Å². The summed E-state index contributed by atoms with van der Waals surface area (Å²) in [5.74, 6) is 0.213. The number of aromatic nitrogens is 2. The fraction of sp³-hybridized carbons (Fsp3) is 0.500. The molecule has 1 amide bonds. The smallest absolute Gasteiger partial charge is 0.239 e. The van der Waals surface area contributed by atoms with Gasteiger partial charge in [-0.05, 0) is 42.9 Å². The summed E-state index contributed by atoms with van der Waals surface area (Å²) in [6.45, 7) is 4.64. The molecule has 5 heteroatoms. The number of amides is 1. The number of fused-ring (bicyclic) bond motifs is 1. The van der Waals surface area contributed by atoms with Gasteiger partial charge >= 0.3 is 0 Å². The minimum Gasteiger partial charge on any atom is -0.344 e. The van der Waals surface area contributed by atoms with E-state index in [1.54, 1.807) is 0 Å². The second kappa shape index (κ2) is 7.83. The minimum absolute atomic E-state index is 0.0725. The van der Waals surface area contributed by atoms with Crippen molar-refractivity contribution in [1.29, 1.82) is 0 Å². The third-order valence-corrected chi connectivity index (χ3v) is 5.16. The third-order valence-electron chi connectivity index (χ3n) is 5.16. The highest BCUT2D eigenvalue weighted by atomic mass is 16.2. The van der Waals surface area contributed by atoms with E-state index in [1.807, 2.05) is 43.0 Å². The van der Waals surface area contributed by atoms with Crippen molar-refractivity contribution < 1.29 is 4.79 Å². The van der Waals surface area contributed by atoms with Crippen molar-refractivity contribution in [3.05, 3.63) is 53.3 Å². The van der Waals surface area contributed by atoms with Crippen molar-refractivity contribution in [3.63, 3.8) is 0 Å². The first-order chi connectivity index (χ1) is 12.0. The Bertz CT molecular complexity index is 724. The van der Waals surface area contributed by atoms with E-state index in [4.69, 9.17) is 0 Å². The maximum absolute atomic E-state index is 12.8. The lowest BCUT2D eigenvalue weighted by Crippen LogP contribution is -2.47. The monoisotopic (exact) mass is 340 g/mol. The van der Waals surface area contributed by atoms with E-state index in [1.165, 1.54) is 16.7 Å². The Labute approximate surface area is 150 Å². The lowest BCUT2D eigenvalue weighted by molar-refractivity contribution is -0.135. The fourth-order valence-electron chi connectivity index (χ4n) is 3.55. The molecule has 134 valence electrons. The second-order valence-corrected chi connectivity index (χ2v) is 7.05. The van der Waals surface area contributed by atoms with Crippen LogP contribution in [0, 0.1) is 0 Å². The molecule has 0 fully saturated rings. The molecule has 0 radical (unpaired) electrons. The van der Waals surface area contributed by atoms with Gasteiger partial charge in [0.15, 0.2) is 0 Å². The number of hydrogen-bond acceptors (Lipinski definition) is 3. The van der Waals surface area contributed by atoms with E-state index >= 15 is 0 Å². The zero-order valence-electron chi connectivity index (χ0n) is 15.5. The average Bonchev–Trinajstić information content (AvgIpc) is 3.05. The zero-order valence-corrected chi connectivity index (χ0v) is 15.5. The molecule has 2 aromatic rings. The molecule has 1 atom stereocenters. The zero-order chi connectivity index (χ0) is 17.8. The summed E-state index contributed by atoms with van der Waals surface area (Å²) in [5, 5.41) is 4.19. The topological polar surface area (TPSA) is 41.4 Å². The Morgan fingerprint density at radius 2 is 2.08 bits per heavy atom. The first kappa shape index (κ1) is 17.7. The van der Waals surface area contributed by atoms with Crippen molar-refractivity contribution in [3.8, 4) is 0 Å². The molecule has 1 aliphatic heterocycles. The van der Waals surface area contributed by atoms with Gasteiger partial charge in [0, 0.05) is 39.9 Å². The van der Waals surface area contributed by atoms with E-state index in [-0.39, 0.29) is 11.9 Å². The Kier molecular flexibility index (Phi) is 5.53. The number of carbonyl (C=O) groups excluding carboxylic acids is 1. The molecule has 5 nitrogen and oxygen atoms in total. The van der Waals surface area contributed by atoms with Gasteiger partial charge in [-0.1, -0.05) is 24.3 Å². The van der Waals surface area contributed by atoms with Crippen LogP contribution in [0.3, 0.4) is 0 Å². The molecule has 0 bridgehead atoms. The first-order valence-corrected chi connectivity index (χ1v) is 9.08. The highest BCUT2D eigenvalue weighted by Crippen LogP contribution is 2.20. The third kappa shape index (κ3) is 4.28. The van der Waals surface area contributed by atoms with Gasteiger partial charge in [0.1, 0.15) is 0 Å². The van der Waals surface area contributed by atoms with Crippen LogP contribution in [0.15, 0.2) is 36.7 Å². The van der Waals surface area contributed by atoms with Crippen LogP contribution in [-0.4, -0.2) is 51.7 Å². The lowest BCUT2D eigenvalue weighted by Gasteiger charge is -2.34. The molecule has 0 saturated carbocycles. The maximum Gasteiger partial charge on any atom is 0.239 e. The molecule has 0 N–H and O–H groups in total. The Morgan fingerprint density at radius 1 is 1.32 bits per heavy atom. The maximum atomic E-state index is 12.8. The van der Waals surface area contributed by atoms with E-state index in [0.29, 0.717) is 0 Å². The van der Waals surface area contributed by atoms with E-state index in [0.717, 1.165) is 38.9 Å². The summed E-state index contributed by atoms with van der Waals surface area (Å²) in [5.41, 5.74) is 4.00. The fourth-order valence-corrected chi connectivity index (χ4v) is 3.55. The van der Waals surface area contributed by atoms with Crippen LogP contribution in [0.4, 0.5) is 0 Å². The Hall–Kier alpha value is -2.14. The van der Waals surface area contributed by atoms with Gasteiger partial charge < -0.3 is 4.90 Å². The van der Waals surface area contributed by atoms with Crippen LogP contribution in [0.1, 0.15) is 30.0 Å². The van der Waals surface area contributed by atoms with Crippen LogP contribution in [0.5, 0.6) is 0 Å². The average molecular weight is 340 g/mol. The molecule has 0 spiro atoms. The molecular formula is C20H28N4O. The van der Waals surface area contributed by atoms with Gasteiger partial charge in [0.2, 0.25) is 5.91 Å². The number of rotatable bonds is 6. The van der Waals surface area contributed by atoms with Gasteiger partial charge in [-0.2, -0.15) is 5.10 Å². The first-order valence-electron chi connectivity index (χ1n) is 9.08. The Balaban J connectivity index is 1.50. The molecule has 0 saturated heterocycles. The predicted molar refractivity (Wildman–Crippen MR) is 99.2 cm³/mol. The minimum atomic E-state index is -0.0725. The molecule has 0 aliphatic carbocycles. The summed E-state index contributed by atoms with van der Waals surface area (Å²) in [4.78, 5) is 16.9. The number of carbonyl (C=O) groups is 1. The van der Waals surface area contributed by atoms with E-state index < -0.39 is 0 Å². The number of hydrogen-bond donors (Lipinski definition) is 0. The summed E-state index contributed by atoms with van der Waals surface area (Å²) >= 11 is 0. The van der Waals surface area contributed by atoms with Crippen molar-refractivity contribution in [2.45, 2.75) is 38.8 Å². The number of benzene rings is 1. The van der Waals surface area contributed by atoms with E-state index in [9.17, 15) is 4.79 Å². The summed E-state index contributed by atoms with van der Waals surface area (Å²) < 4.78 is 1.82. The SMILES string of the molecule is C[C@@H](C(=O)N(C)CCCc1cnn(C)c1)N1CCc2ccccc2C1. The van der Waals surface area contributed by atoms with Gasteiger partial charge in [-0.3, -0.25) is 14.4 Å². The molecule has 3 rings (SSSR count). The molecular weight excluding hydrogens is 312 g/mol. The van der Waals surface area contributed by atoms with Crippen molar-refractivity contribution in [2.24, 2.45) is 7.05 Å². The van der Waals surface area contributed by atoms with Crippen molar-refractivity contribution in [1.82, 2.24) is 19.6 Å². The number of likely N-dealkylation sites (N-methyl/N-ethyl adjacent to an activating group) is 1.